The molecule has 190 valence electrons. The molecule has 13 heteroatoms. The Hall–Kier alpha value is -2.80. The number of halogens is 5. The number of nitrogens with one attached hydrogen (secondary N) is 2. The molecule has 0 saturated carbocycles. The van der Waals surface area contributed by atoms with Crippen LogP contribution in [-0.4, -0.2) is 38.4 Å². The van der Waals surface area contributed by atoms with Crippen molar-refractivity contribution in [1.29, 1.82) is 0 Å². The van der Waals surface area contributed by atoms with Gasteiger partial charge in [0.2, 0.25) is 0 Å². The monoisotopic (exact) mass is 669 g/mol. The van der Waals surface area contributed by atoms with Gasteiger partial charge in [-0.15, -0.1) is 0 Å². The third-order valence-electron chi connectivity index (χ3n) is 4.81. The van der Waals surface area contributed by atoms with Crippen molar-refractivity contribution in [3.63, 3.8) is 0 Å². The van der Waals surface area contributed by atoms with E-state index in [0.717, 1.165) is 0 Å². The number of alkyl halides is 2. The van der Waals surface area contributed by atoms with Crippen molar-refractivity contribution in [2.45, 2.75) is 10.2 Å². The van der Waals surface area contributed by atoms with Gasteiger partial charge in [0.1, 0.15) is 10.3 Å². The second kappa shape index (κ2) is 11.7. The molecule has 2 amide bonds. The van der Waals surface area contributed by atoms with Crippen LogP contribution < -0.4 is 10.6 Å². The molecule has 0 spiro atoms. The van der Waals surface area contributed by atoms with Gasteiger partial charge in [0, 0.05) is 21.6 Å². The number of anilines is 1. The number of rotatable bonds is 8. The van der Waals surface area contributed by atoms with Gasteiger partial charge in [-0.1, -0.05) is 47.6 Å². The second-order valence-electron chi connectivity index (χ2n) is 7.42. The van der Waals surface area contributed by atoms with Crippen molar-refractivity contribution >= 4 is 72.7 Å². The fourth-order valence-electron chi connectivity index (χ4n) is 3.22. The quantitative estimate of drug-likeness (QED) is 0.201. The van der Waals surface area contributed by atoms with E-state index in [2.05, 4.69) is 52.6 Å². The van der Waals surface area contributed by atoms with E-state index in [-0.39, 0.29) is 27.8 Å². The number of carbonyl (C=O) groups is 2. The molecule has 2 heterocycles. The van der Waals surface area contributed by atoms with Gasteiger partial charge in [0.05, 0.1) is 22.8 Å². The SMILES string of the molecule is O=C(NCC(F)(F)Sc1ccccc1)c1c(Br)cccc1NC(=O)c1cc(Br)nn1-c1ncccc1Cl. The number of thioether (sulfide) groups is 1. The average Bonchev–Trinajstić information content (AvgIpc) is 3.25. The number of amides is 2. The second-order valence-corrected chi connectivity index (χ2v) is 10.8. The third-order valence-corrected chi connectivity index (χ3v) is 7.10. The summed E-state index contributed by atoms with van der Waals surface area (Å²) in [5, 5.41) is 6.14. The molecule has 7 nitrogen and oxygen atoms in total. The maximum atomic E-state index is 14.5. The molecule has 2 aromatic carbocycles. The minimum absolute atomic E-state index is 0.0163. The first-order valence-corrected chi connectivity index (χ1v) is 13.3. The topological polar surface area (TPSA) is 88.9 Å². The van der Waals surface area contributed by atoms with E-state index in [4.69, 9.17) is 11.6 Å². The molecule has 37 heavy (non-hydrogen) atoms. The predicted octanol–water partition coefficient (Wildman–Crippen LogP) is 6.81. The van der Waals surface area contributed by atoms with Crippen molar-refractivity contribution in [2.75, 3.05) is 11.9 Å². The summed E-state index contributed by atoms with van der Waals surface area (Å²) in [5.41, 5.74) is 0.161. The molecule has 0 radical (unpaired) electrons. The third kappa shape index (κ3) is 6.75. The number of hydrogen-bond donors (Lipinski definition) is 2. The van der Waals surface area contributed by atoms with Crippen LogP contribution in [0.4, 0.5) is 14.5 Å². The van der Waals surface area contributed by atoms with Crippen LogP contribution in [-0.2, 0) is 0 Å². The zero-order valence-corrected chi connectivity index (χ0v) is 23.3. The highest BCUT2D eigenvalue weighted by Gasteiger charge is 2.32. The number of nitrogens with zero attached hydrogens (tertiary/aromatic N) is 3. The summed E-state index contributed by atoms with van der Waals surface area (Å²) in [6, 6.07) is 17.5. The number of benzene rings is 2. The van der Waals surface area contributed by atoms with E-state index < -0.39 is 23.6 Å². The number of pyridine rings is 1. The average molecular weight is 672 g/mol. The van der Waals surface area contributed by atoms with E-state index in [0.29, 0.717) is 25.7 Å². The highest BCUT2D eigenvalue weighted by Crippen LogP contribution is 2.35. The molecule has 0 aliphatic rings. The van der Waals surface area contributed by atoms with Gasteiger partial charge in [0.15, 0.2) is 5.82 Å². The van der Waals surface area contributed by atoms with Crippen molar-refractivity contribution < 1.29 is 18.4 Å². The van der Waals surface area contributed by atoms with Crippen LogP contribution in [0.2, 0.25) is 5.02 Å². The molecule has 0 fully saturated rings. The molecule has 0 aliphatic heterocycles. The standard InChI is InChI=1S/C24H16Br2ClF2N5O2S/c25-15-8-4-10-17(20(15)23(36)31-13-24(28,29)37-14-6-2-1-3-7-14)32-22(35)18-12-19(26)33-34(18)21-16(27)9-5-11-30-21/h1-12H,13H2,(H,31,36)(H,32,35). The molecule has 0 unspecified atom stereocenters. The first-order valence-electron chi connectivity index (χ1n) is 10.5. The summed E-state index contributed by atoms with van der Waals surface area (Å²) in [4.78, 5) is 30.7. The van der Waals surface area contributed by atoms with Crippen LogP contribution in [0.3, 0.4) is 0 Å². The Bertz CT molecular complexity index is 1460. The first kappa shape index (κ1) is 27.2. The fraction of sp³-hybridized carbons (Fsp3) is 0.0833. The van der Waals surface area contributed by atoms with E-state index in [9.17, 15) is 18.4 Å². The van der Waals surface area contributed by atoms with Crippen LogP contribution in [0.5, 0.6) is 0 Å². The Morgan fingerprint density at radius 3 is 2.51 bits per heavy atom. The van der Waals surface area contributed by atoms with E-state index >= 15 is 0 Å². The van der Waals surface area contributed by atoms with Crippen LogP contribution in [0, 0.1) is 0 Å². The van der Waals surface area contributed by atoms with Crippen LogP contribution in [0.1, 0.15) is 20.8 Å². The van der Waals surface area contributed by atoms with E-state index in [1.54, 1.807) is 54.6 Å². The van der Waals surface area contributed by atoms with Crippen LogP contribution >= 0.6 is 55.2 Å². The van der Waals surface area contributed by atoms with Crippen LogP contribution in [0.25, 0.3) is 5.82 Å². The fourth-order valence-corrected chi connectivity index (χ4v) is 5.13. The molecule has 0 saturated heterocycles. The van der Waals surface area contributed by atoms with Gasteiger partial charge < -0.3 is 10.6 Å². The molecule has 2 aromatic heterocycles. The smallest absolute Gasteiger partial charge is 0.315 e. The predicted molar refractivity (Wildman–Crippen MR) is 146 cm³/mol. The maximum absolute atomic E-state index is 14.5. The Morgan fingerprint density at radius 2 is 1.78 bits per heavy atom. The number of aromatic nitrogens is 3. The number of carbonyl (C=O) groups excluding carboxylic acids is 2. The summed E-state index contributed by atoms with van der Waals surface area (Å²) in [6.07, 6.45) is 1.50. The molecule has 0 aliphatic carbocycles. The van der Waals surface area contributed by atoms with E-state index in [1.165, 1.54) is 23.0 Å². The van der Waals surface area contributed by atoms with Gasteiger partial charge in [0.25, 0.3) is 11.8 Å². The van der Waals surface area contributed by atoms with Crippen molar-refractivity contribution in [1.82, 2.24) is 20.1 Å². The normalized spacial score (nSPS) is 11.3. The lowest BCUT2D eigenvalue weighted by Crippen LogP contribution is -2.35. The number of hydrogen-bond acceptors (Lipinski definition) is 5. The van der Waals surface area contributed by atoms with Gasteiger partial charge in [-0.25, -0.2) is 9.67 Å². The Labute approximate surface area is 236 Å². The molecule has 0 atom stereocenters. The van der Waals surface area contributed by atoms with Crippen molar-refractivity contribution in [3.8, 4) is 5.82 Å². The summed E-state index contributed by atoms with van der Waals surface area (Å²) >= 11 is 13.1. The minimum Gasteiger partial charge on any atom is -0.345 e. The summed E-state index contributed by atoms with van der Waals surface area (Å²) < 4.78 is 30.9. The summed E-state index contributed by atoms with van der Waals surface area (Å²) in [7, 11) is 0. The Balaban J connectivity index is 1.54. The van der Waals surface area contributed by atoms with Crippen molar-refractivity contribution in [2.24, 2.45) is 0 Å². The van der Waals surface area contributed by atoms with Gasteiger partial charge >= 0.3 is 5.25 Å². The summed E-state index contributed by atoms with van der Waals surface area (Å²) in [6.45, 7) is -0.919. The largest absolute Gasteiger partial charge is 0.345 e. The zero-order valence-electron chi connectivity index (χ0n) is 18.6. The summed E-state index contributed by atoms with van der Waals surface area (Å²) in [5.74, 6) is -1.19. The Kier molecular flexibility index (Phi) is 8.63. The van der Waals surface area contributed by atoms with Crippen LogP contribution in [0.15, 0.2) is 86.9 Å². The highest BCUT2D eigenvalue weighted by molar-refractivity contribution is 9.10. The van der Waals surface area contributed by atoms with Gasteiger partial charge in [-0.2, -0.15) is 13.9 Å². The zero-order chi connectivity index (χ0) is 26.6. The lowest BCUT2D eigenvalue weighted by Gasteiger charge is -2.18. The molecule has 2 N–H and O–H groups in total. The molecule has 0 bridgehead atoms. The molecule has 4 rings (SSSR count). The maximum Gasteiger partial charge on any atom is 0.315 e. The first-order chi connectivity index (χ1) is 17.6. The lowest BCUT2D eigenvalue weighted by molar-refractivity contribution is 0.0810. The van der Waals surface area contributed by atoms with Crippen molar-refractivity contribution in [3.05, 3.63) is 98.3 Å². The molecular formula is C24H16Br2ClF2N5O2S. The minimum atomic E-state index is -3.26. The lowest BCUT2D eigenvalue weighted by atomic mass is 10.1. The Morgan fingerprint density at radius 1 is 1.03 bits per heavy atom. The molecule has 4 aromatic rings. The van der Waals surface area contributed by atoms with E-state index in [1.807, 2.05) is 0 Å². The molecular weight excluding hydrogens is 656 g/mol. The van der Waals surface area contributed by atoms with Gasteiger partial charge in [-0.05, 0) is 68.3 Å². The van der Waals surface area contributed by atoms with Gasteiger partial charge in [-0.3, -0.25) is 9.59 Å². The highest BCUT2D eigenvalue weighted by atomic mass is 79.9.